The average molecular weight is 594 g/mol. The van der Waals surface area contributed by atoms with Gasteiger partial charge >= 0.3 is 23.8 Å². The number of fused-ring (bicyclic) bond motifs is 1. The van der Waals surface area contributed by atoms with Crippen molar-refractivity contribution in [3.05, 3.63) is 64.7 Å². The molecule has 2 aromatic carbocycles. The van der Waals surface area contributed by atoms with E-state index in [0.717, 1.165) is 0 Å². The lowest BCUT2D eigenvalue weighted by Crippen LogP contribution is -2.83. The number of carbonyl (C=O) groups excluding carboxylic acids is 3. The van der Waals surface area contributed by atoms with Crippen molar-refractivity contribution in [1.82, 2.24) is 15.1 Å². The predicted octanol–water partition coefficient (Wildman–Crippen LogP) is -3.30. The second-order valence-corrected chi connectivity index (χ2v) is 9.87. The van der Waals surface area contributed by atoms with Gasteiger partial charge in [-0.3, -0.25) is 14.3 Å². The number of nitrogens with zero attached hydrogens (tertiary/aromatic N) is 2. The summed E-state index contributed by atoms with van der Waals surface area (Å²) in [5.74, 6) is -16.3. The maximum Gasteiger partial charge on any atom is 0.356 e. The van der Waals surface area contributed by atoms with Gasteiger partial charge in [-0.05, 0) is 29.7 Å². The summed E-state index contributed by atoms with van der Waals surface area (Å²) in [6, 6.07) is 9.84. The van der Waals surface area contributed by atoms with Crippen molar-refractivity contribution in [3.63, 3.8) is 0 Å². The Bertz CT molecular complexity index is 1320. The summed E-state index contributed by atoms with van der Waals surface area (Å²) >= 11 is 0. The van der Waals surface area contributed by atoms with E-state index < -0.39 is 42.3 Å². The van der Waals surface area contributed by atoms with Crippen LogP contribution >= 0.6 is 0 Å². The monoisotopic (exact) mass is 593 g/mol. The average Bonchev–Trinajstić information content (AvgIpc) is 3.26. The summed E-state index contributed by atoms with van der Waals surface area (Å²) in [6.07, 6.45) is 0.934. The Morgan fingerprint density at radius 1 is 1.00 bits per heavy atom. The van der Waals surface area contributed by atoms with Crippen molar-refractivity contribution in [2.75, 3.05) is 7.05 Å². The number of likely N-dealkylation sites (N-methyl/N-ethyl adjacent to an activating group) is 1. The lowest BCUT2D eigenvalue weighted by atomic mass is 10.1. The highest BCUT2D eigenvalue weighted by molar-refractivity contribution is 6.01. The zero-order chi connectivity index (χ0) is 31.1. The van der Waals surface area contributed by atoms with E-state index >= 15 is 0 Å². The molecule has 0 bridgehead atoms. The number of rotatable bonds is 10. The number of ether oxygens (including phenoxy) is 2. The summed E-state index contributed by atoms with van der Waals surface area (Å²) < 4.78 is 9.79. The van der Waals surface area contributed by atoms with Crippen molar-refractivity contribution in [1.29, 1.82) is 0 Å². The van der Waals surface area contributed by atoms with Crippen molar-refractivity contribution in [2.24, 2.45) is 0 Å². The molecule has 42 heavy (non-hydrogen) atoms. The number of carbonyl (C=O) groups is 3. The van der Waals surface area contributed by atoms with E-state index in [0.29, 0.717) is 28.7 Å². The molecule has 2 heterocycles. The van der Waals surface area contributed by atoms with Crippen LogP contribution in [0.1, 0.15) is 39.9 Å². The van der Waals surface area contributed by atoms with Gasteiger partial charge in [0, 0.05) is 31.1 Å². The van der Waals surface area contributed by atoms with Gasteiger partial charge < -0.3 is 60.6 Å². The van der Waals surface area contributed by atoms with Crippen LogP contribution in [0.15, 0.2) is 42.5 Å². The zero-order valence-electron chi connectivity index (χ0n) is 22.2. The van der Waals surface area contributed by atoms with Gasteiger partial charge in [0.1, 0.15) is 24.7 Å². The highest BCUT2D eigenvalue weighted by Gasteiger charge is 2.74. The molecule has 16 heteroatoms. The van der Waals surface area contributed by atoms with Crippen molar-refractivity contribution in [2.45, 2.75) is 62.3 Å². The van der Waals surface area contributed by atoms with Gasteiger partial charge in [0.05, 0.1) is 6.54 Å². The Labute approximate surface area is 238 Å². The Morgan fingerprint density at radius 2 is 1.60 bits per heavy atom. The Kier molecular flexibility index (Phi) is 8.42. The molecule has 0 saturated carbocycles. The van der Waals surface area contributed by atoms with Gasteiger partial charge in [0.25, 0.3) is 5.91 Å². The Hall–Kier alpha value is -3.55. The zero-order valence-corrected chi connectivity index (χ0v) is 22.2. The molecular formula is C26H31N3O13. The van der Waals surface area contributed by atoms with Crippen LogP contribution in [0.3, 0.4) is 0 Å². The van der Waals surface area contributed by atoms with E-state index in [2.05, 4.69) is 10.1 Å². The third-order valence-electron chi connectivity index (χ3n) is 7.11. The Balaban J connectivity index is 1.48. The molecule has 0 radical (unpaired) electrons. The number of hydrogen-bond donors (Lipinski definition) is 9. The van der Waals surface area contributed by atoms with E-state index in [9.17, 15) is 55.2 Å². The lowest BCUT2D eigenvalue weighted by molar-refractivity contribution is -0.659. The fourth-order valence-corrected chi connectivity index (χ4v) is 4.74. The maximum atomic E-state index is 13.1. The molecule has 0 spiro atoms. The van der Waals surface area contributed by atoms with E-state index in [1.165, 1.54) is 36.2 Å². The molecule has 1 unspecified atom stereocenters. The normalized spacial score (nSPS) is 21.0. The SMILES string of the molecule is CNC(=O)C(CCC=O)N1Cc2c(OCc3ccc(CN4C(O)(O)C(O)(O)OC(O)(O)C4(O)O)cc3)cccc2C1=O. The molecule has 2 aliphatic heterocycles. The lowest BCUT2D eigenvalue weighted by Gasteiger charge is -2.55. The molecule has 0 aromatic heterocycles. The van der Waals surface area contributed by atoms with Gasteiger partial charge in [-0.2, -0.15) is 4.90 Å². The summed E-state index contributed by atoms with van der Waals surface area (Å²) in [6.45, 7) is -0.771. The topological polar surface area (TPSA) is 250 Å². The van der Waals surface area contributed by atoms with Crippen LogP contribution in [-0.4, -0.2) is 106 Å². The summed E-state index contributed by atoms with van der Waals surface area (Å²) in [5, 5.41) is 81.9. The fraction of sp³-hybridized carbons (Fsp3) is 0.423. The number of benzene rings is 2. The van der Waals surface area contributed by atoms with Gasteiger partial charge in [-0.1, -0.05) is 30.3 Å². The van der Waals surface area contributed by atoms with Crippen molar-refractivity contribution >= 4 is 18.1 Å². The first-order valence-corrected chi connectivity index (χ1v) is 12.6. The number of aldehydes is 1. The second kappa shape index (κ2) is 11.3. The first kappa shape index (κ1) is 31.4. The molecule has 4 rings (SSSR count). The molecular weight excluding hydrogens is 562 g/mol. The quantitative estimate of drug-likeness (QED) is 0.0967. The number of aliphatic hydroxyl groups is 8. The minimum atomic E-state index is -4.04. The van der Waals surface area contributed by atoms with Crippen LogP contribution in [0.4, 0.5) is 0 Å². The third-order valence-corrected chi connectivity index (χ3v) is 7.11. The smallest absolute Gasteiger partial charge is 0.356 e. The second-order valence-electron chi connectivity index (χ2n) is 9.87. The van der Waals surface area contributed by atoms with Crippen LogP contribution < -0.4 is 10.1 Å². The van der Waals surface area contributed by atoms with Crippen LogP contribution in [0.5, 0.6) is 5.75 Å². The molecule has 16 nitrogen and oxygen atoms in total. The standard InChI is InChI=1S/C26H31N3O13/c1-27-21(31)19(5-3-11-30)28-13-18-17(22(28)32)4-2-6-20(18)41-14-16-9-7-15(8-10-16)12-29-23(33,34)25(37,38)42-26(39,40)24(29,35)36/h2,4,6-11,19,33-40H,3,5,12-14H2,1H3,(H,27,31). The molecule has 2 amide bonds. The first-order chi connectivity index (χ1) is 19.6. The van der Waals surface area contributed by atoms with E-state index in [1.807, 2.05) is 0 Å². The fourth-order valence-electron chi connectivity index (χ4n) is 4.74. The highest BCUT2D eigenvalue weighted by atomic mass is 16.9. The summed E-state index contributed by atoms with van der Waals surface area (Å²) in [7, 11) is 1.44. The molecule has 228 valence electrons. The third kappa shape index (κ3) is 5.48. The summed E-state index contributed by atoms with van der Waals surface area (Å²) in [5.41, 5.74) is 1.62. The van der Waals surface area contributed by atoms with Crippen LogP contribution in [-0.2, 0) is 34.0 Å². The molecule has 1 atom stereocenters. The van der Waals surface area contributed by atoms with Crippen LogP contribution in [0, 0.1) is 0 Å². The highest BCUT2D eigenvalue weighted by Crippen LogP contribution is 2.42. The molecule has 9 N–H and O–H groups in total. The van der Waals surface area contributed by atoms with E-state index in [1.54, 1.807) is 18.2 Å². The van der Waals surface area contributed by atoms with Gasteiger partial charge in [-0.25, -0.2) is 0 Å². The number of nitrogens with one attached hydrogen (secondary N) is 1. The molecule has 1 saturated heterocycles. The Morgan fingerprint density at radius 3 is 2.17 bits per heavy atom. The minimum Gasteiger partial charge on any atom is -0.489 e. The minimum absolute atomic E-state index is 0.00679. The first-order valence-electron chi connectivity index (χ1n) is 12.6. The number of morpholine rings is 1. The number of hydrogen-bond acceptors (Lipinski definition) is 14. The largest absolute Gasteiger partial charge is 0.489 e. The van der Waals surface area contributed by atoms with Crippen LogP contribution in [0.2, 0.25) is 0 Å². The van der Waals surface area contributed by atoms with E-state index in [-0.39, 0.29) is 42.4 Å². The molecule has 1 fully saturated rings. The van der Waals surface area contributed by atoms with Gasteiger partial charge in [-0.15, -0.1) is 0 Å². The van der Waals surface area contributed by atoms with E-state index in [4.69, 9.17) is 4.74 Å². The van der Waals surface area contributed by atoms with Crippen molar-refractivity contribution < 1.29 is 64.7 Å². The molecule has 2 aromatic rings. The van der Waals surface area contributed by atoms with Gasteiger partial charge in [0.15, 0.2) is 0 Å². The van der Waals surface area contributed by atoms with Gasteiger partial charge in [0.2, 0.25) is 5.91 Å². The van der Waals surface area contributed by atoms with Crippen molar-refractivity contribution in [3.8, 4) is 5.75 Å². The maximum absolute atomic E-state index is 13.1. The number of amides is 2. The molecule has 0 aliphatic carbocycles. The summed E-state index contributed by atoms with van der Waals surface area (Å²) in [4.78, 5) is 37.6. The predicted molar refractivity (Wildman–Crippen MR) is 136 cm³/mol. The van der Waals surface area contributed by atoms with Crippen LogP contribution in [0.25, 0.3) is 0 Å². The molecule has 2 aliphatic rings.